The van der Waals surface area contributed by atoms with Gasteiger partial charge in [0.25, 0.3) is 0 Å². The van der Waals surface area contributed by atoms with Crippen LogP contribution in [-0.4, -0.2) is 23.9 Å². The van der Waals surface area contributed by atoms with Crippen molar-refractivity contribution in [3.63, 3.8) is 0 Å². The molecule has 0 N–H and O–H groups in total. The van der Waals surface area contributed by atoms with E-state index in [0.29, 0.717) is 17.9 Å². The van der Waals surface area contributed by atoms with Gasteiger partial charge in [-0.15, -0.1) is 0 Å². The second kappa shape index (κ2) is 6.08. The van der Waals surface area contributed by atoms with Crippen LogP contribution in [0.2, 0.25) is 0 Å². The van der Waals surface area contributed by atoms with Gasteiger partial charge in [0, 0.05) is 13.0 Å². The summed E-state index contributed by atoms with van der Waals surface area (Å²) in [6.45, 7) is 4.46. The van der Waals surface area contributed by atoms with Crippen molar-refractivity contribution in [2.24, 2.45) is 11.8 Å². The molecule has 1 aliphatic rings. The predicted octanol–water partition coefficient (Wildman–Crippen LogP) is 3.01. The highest BCUT2D eigenvalue weighted by molar-refractivity contribution is 14.1. The summed E-state index contributed by atoms with van der Waals surface area (Å²) in [7, 11) is 1.69. The van der Waals surface area contributed by atoms with E-state index in [-0.39, 0.29) is 6.29 Å². The molecule has 4 atom stereocenters. The van der Waals surface area contributed by atoms with Crippen LogP contribution in [0.25, 0.3) is 0 Å². The number of hydrogen-bond donors (Lipinski definition) is 0. The van der Waals surface area contributed by atoms with Crippen LogP contribution in [0.5, 0.6) is 0 Å². The van der Waals surface area contributed by atoms with Crippen molar-refractivity contribution in [1.29, 1.82) is 0 Å². The van der Waals surface area contributed by atoms with Crippen LogP contribution in [0.1, 0.15) is 20.3 Å². The third-order valence-corrected chi connectivity index (χ3v) is 3.36. The second-order valence-corrected chi connectivity index (χ2v) is 4.98. The van der Waals surface area contributed by atoms with Gasteiger partial charge >= 0.3 is 0 Å². The van der Waals surface area contributed by atoms with E-state index in [2.05, 4.69) is 42.5 Å². The number of halogens is 1. The number of hydrogen-bond acceptors (Lipinski definition) is 2. The Morgan fingerprint density at radius 1 is 1.50 bits per heavy atom. The van der Waals surface area contributed by atoms with Crippen LogP contribution >= 0.6 is 22.6 Å². The predicted molar refractivity (Wildman–Crippen MR) is 66.6 cm³/mol. The van der Waals surface area contributed by atoms with Gasteiger partial charge < -0.3 is 9.47 Å². The van der Waals surface area contributed by atoms with E-state index in [4.69, 9.17) is 9.47 Å². The molecule has 1 aliphatic heterocycles. The quantitative estimate of drug-likeness (QED) is 0.451. The van der Waals surface area contributed by atoms with E-state index in [0.717, 1.165) is 0 Å². The van der Waals surface area contributed by atoms with E-state index in [9.17, 15) is 0 Å². The summed E-state index contributed by atoms with van der Waals surface area (Å²) in [5.74, 6) is 1.10. The number of methoxy groups -OCH3 is 1. The van der Waals surface area contributed by atoms with Gasteiger partial charge in [-0.05, 0) is 22.8 Å². The summed E-state index contributed by atoms with van der Waals surface area (Å²) in [6, 6.07) is 0. The maximum absolute atomic E-state index is 5.85. The molecule has 0 radical (unpaired) electrons. The minimum absolute atomic E-state index is 0.145. The van der Waals surface area contributed by atoms with E-state index in [1.54, 1.807) is 7.11 Å². The molecule has 0 spiro atoms. The van der Waals surface area contributed by atoms with Crippen LogP contribution in [-0.2, 0) is 9.47 Å². The van der Waals surface area contributed by atoms with Crippen molar-refractivity contribution in [3.8, 4) is 0 Å². The average molecular weight is 310 g/mol. The standard InChI is InChI=1S/C11H19IO2/c1-8-4-5-10(13-3)14-11(8)9(2)6-7-12/h4-5,8-11H,6-7H2,1-3H3/t8-,9-,10+,11+/m0/s1. The SMILES string of the molecule is CO[C@H]1C=C[C@H](C)[C@H]([C@@H](C)CCI)O1. The molecule has 1 heterocycles. The second-order valence-electron chi connectivity index (χ2n) is 3.90. The summed E-state index contributed by atoms with van der Waals surface area (Å²) in [4.78, 5) is 0. The smallest absolute Gasteiger partial charge is 0.176 e. The van der Waals surface area contributed by atoms with Crippen molar-refractivity contribution in [3.05, 3.63) is 12.2 Å². The van der Waals surface area contributed by atoms with Crippen LogP contribution in [0, 0.1) is 11.8 Å². The van der Waals surface area contributed by atoms with Gasteiger partial charge in [-0.1, -0.05) is 42.5 Å². The monoisotopic (exact) mass is 310 g/mol. The van der Waals surface area contributed by atoms with Crippen LogP contribution in [0.4, 0.5) is 0 Å². The molecule has 0 bridgehead atoms. The van der Waals surface area contributed by atoms with Gasteiger partial charge in [-0.2, -0.15) is 0 Å². The highest BCUT2D eigenvalue weighted by atomic mass is 127. The zero-order valence-electron chi connectivity index (χ0n) is 9.07. The molecule has 0 unspecified atom stereocenters. The van der Waals surface area contributed by atoms with E-state index in [1.165, 1.54) is 10.8 Å². The lowest BCUT2D eigenvalue weighted by Crippen LogP contribution is -2.36. The van der Waals surface area contributed by atoms with Gasteiger partial charge in [0.1, 0.15) is 0 Å². The van der Waals surface area contributed by atoms with E-state index < -0.39 is 0 Å². The molecular weight excluding hydrogens is 291 g/mol. The first-order valence-electron chi connectivity index (χ1n) is 5.11. The molecule has 0 amide bonds. The van der Waals surface area contributed by atoms with Crippen molar-refractivity contribution in [2.45, 2.75) is 32.7 Å². The van der Waals surface area contributed by atoms with E-state index in [1.807, 2.05) is 6.08 Å². The zero-order valence-corrected chi connectivity index (χ0v) is 11.2. The summed E-state index contributed by atoms with van der Waals surface area (Å²) in [6.07, 6.45) is 5.57. The van der Waals surface area contributed by atoms with E-state index >= 15 is 0 Å². The molecule has 0 aliphatic carbocycles. The Bertz CT molecular complexity index is 194. The molecule has 0 fully saturated rings. The number of ether oxygens (including phenoxy) is 2. The lowest BCUT2D eigenvalue weighted by atomic mass is 9.90. The van der Waals surface area contributed by atoms with Gasteiger partial charge in [0.15, 0.2) is 6.29 Å². The fourth-order valence-corrected chi connectivity index (χ4v) is 2.80. The van der Waals surface area contributed by atoms with Crippen molar-refractivity contribution in [2.75, 3.05) is 11.5 Å². The highest BCUT2D eigenvalue weighted by Gasteiger charge is 2.28. The van der Waals surface area contributed by atoms with Gasteiger partial charge in [0.05, 0.1) is 6.10 Å². The Morgan fingerprint density at radius 3 is 2.79 bits per heavy atom. The zero-order chi connectivity index (χ0) is 10.6. The summed E-state index contributed by atoms with van der Waals surface area (Å²) in [5.41, 5.74) is 0. The van der Waals surface area contributed by atoms with Crippen molar-refractivity contribution < 1.29 is 9.47 Å². The molecule has 3 heteroatoms. The minimum atomic E-state index is -0.145. The summed E-state index contributed by atoms with van der Waals surface area (Å²) >= 11 is 2.42. The Labute approximate surface area is 100 Å². The number of rotatable bonds is 4. The maximum Gasteiger partial charge on any atom is 0.176 e. The number of alkyl halides is 1. The summed E-state index contributed by atoms with van der Waals surface area (Å²) < 4.78 is 12.2. The van der Waals surface area contributed by atoms with Crippen LogP contribution in [0.3, 0.4) is 0 Å². The largest absolute Gasteiger partial charge is 0.352 e. The topological polar surface area (TPSA) is 18.5 Å². The lowest BCUT2D eigenvalue weighted by Gasteiger charge is -2.33. The maximum atomic E-state index is 5.85. The molecule has 0 saturated carbocycles. The Morgan fingerprint density at radius 2 is 2.21 bits per heavy atom. The highest BCUT2D eigenvalue weighted by Crippen LogP contribution is 2.27. The Balaban J connectivity index is 2.55. The molecule has 0 aromatic carbocycles. The minimum Gasteiger partial charge on any atom is -0.352 e. The first kappa shape index (κ1) is 12.5. The first-order chi connectivity index (χ1) is 6.69. The molecule has 14 heavy (non-hydrogen) atoms. The Hall–Kier alpha value is 0.390. The average Bonchev–Trinajstić information content (AvgIpc) is 2.19. The molecule has 0 aromatic heterocycles. The third-order valence-electron chi connectivity index (χ3n) is 2.74. The van der Waals surface area contributed by atoms with Crippen LogP contribution in [0.15, 0.2) is 12.2 Å². The van der Waals surface area contributed by atoms with Gasteiger partial charge in [0.2, 0.25) is 0 Å². The molecule has 1 rings (SSSR count). The first-order valence-corrected chi connectivity index (χ1v) is 6.64. The molecular formula is C11H19IO2. The fraction of sp³-hybridized carbons (Fsp3) is 0.818. The summed E-state index contributed by atoms with van der Waals surface area (Å²) in [5, 5.41) is 0. The lowest BCUT2D eigenvalue weighted by molar-refractivity contribution is -0.157. The van der Waals surface area contributed by atoms with Crippen LogP contribution < -0.4 is 0 Å². The normalized spacial score (nSPS) is 34.4. The molecule has 82 valence electrons. The van der Waals surface area contributed by atoms with Gasteiger partial charge in [-0.25, -0.2) is 0 Å². The third kappa shape index (κ3) is 3.21. The molecule has 0 saturated heterocycles. The van der Waals surface area contributed by atoms with Crippen molar-refractivity contribution >= 4 is 22.6 Å². The molecule has 0 aromatic rings. The van der Waals surface area contributed by atoms with Crippen molar-refractivity contribution in [1.82, 2.24) is 0 Å². The fourth-order valence-electron chi connectivity index (χ4n) is 1.82. The molecule has 2 nitrogen and oxygen atoms in total. The van der Waals surface area contributed by atoms with Gasteiger partial charge in [-0.3, -0.25) is 0 Å². The Kier molecular flexibility index (Phi) is 5.41.